The number of fused-ring (bicyclic) bond motifs is 1. The average Bonchev–Trinajstić information content (AvgIpc) is 3.02. The average molecular weight is 323 g/mol. The highest BCUT2D eigenvalue weighted by Crippen LogP contribution is 2.12. The van der Waals surface area contributed by atoms with Gasteiger partial charge >= 0.3 is 0 Å². The van der Waals surface area contributed by atoms with Crippen LogP contribution in [-0.4, -0.2) is 29.0 Å². The zero-order chi connectivity index (χ0) is 16.6. The third-order valence-electron chi connectivity index (χ3n) is 3.69. The molecular formula is C19H21N3O2. The standard InChI is InChI=1S/C19H21N3O2/c23-19(20-13-14-24-15-7-2-1-3-8-15)12-6-11-18-21-16-9-4-5-10-17(16)22-18/h1-5,7-10H,6,11-14H2,(H,20,23)(H,21,22). The largest absolute Gasteiger partial charge is 0.492 e. The molecule has 5 nitrogen and oxygen atoms in total. The van der Waals surface area contributed by atoms with E-state index < -0.39 is 0 Å². The molecule has 0 radical (unpaired) electrons. The third-order valence-corrected chi connectivity index (χ3v) is 3.69. The number of para-hydroxylation sites is 3. The first-order chi connectivity index (χ1) is 11.8. The van der Waals surface area contributed by atoms with Crippen LogP contribution in [0.5, 0.6) is 5.75 Å². The van der Waals surface area contributed by atoms with E-state index in [-0.39, 0.29) is 5.91 Å². The normalized spacial score (nSPS) is 10.7. The van der Waals surface area contributed by atoms with Crippen molar-refractivity contribution in [3.05, 3.63) is 60.4 Å². The quantitative estimate of drug-likeness (QED) is 0.626. The summed E-state index contributed by atoms with van der Waals surface area (Å²) in [6.07, 6.45) is 2.02. The van der Waals surface area contributed by atoms with Crippen molar-refractivity contribution in [1.82, 2.24) is 15.3 Å². The SMILES string of the molecule is O=C(CCCc1nc2ccccc2[nH]1)NCCOc1ccccc1. The topological polar surface area (TPSA) is 67.0 Å². The number of aromatic nitrogens is 2. The number of nitrogens with zero attached hydrogens (tertiary/aromatic N) is 1. The molecule has 0 aliphatic rings. The first kappa shape index (κ1) is 16.1. The number of nitrogens with one attached hydrogen (secondary N) is 2. The predicted octanol–water partition coefficient (Wildman–Crippen LogP) is 3.08. The van der Waals surface area contributed by atoms with Crippen molar-refractivity contribution >= 4 is 16.9 Å². The minimum Gasteiger partial charge on any atom is -0.492 e. The van der Waals surface area contributed by atoms with E-state index in [2.05, 4.69) is 15.3 Å². The number of benzene rings is 2. The summed E-state index contributed by atoms with van der Waals surface area (Å²) in [4.78, 5) is 19.6. The summed E-state index contributed by atoms with van der Waals surface area (Å²) < 4.78 is 5.53. The first-order valence-corrected chi connectivity index (χ1v) is 8.19. The molecule has 0 bridgehead atoms. The number of imidazole rings is 1. The summed E-state index contributed by atoms with van der Waals surface area (Å²) in [7, 11) is 0. The van der Waals surface area contributed by atoms with Gasteiger partial charge in [-0.3, -0.25) is 4.79 Å². The fraction of sp³-hybridized carbons (Fsp3) is 0.263. The second-order valence-corrected chi connectivity index (χ2v) is 5.57. The van der Waals surface area contributed by atoms with Gasteiger partial charge in [-0.05, 0) is 30.7 Å². The highest BCUT2D eigenvalue weighted by Gasteiger charge is 2.05. The Morgan fingerprint density at radius 2 is 1.88 bits per heavy atom. The molecule has 3 rings (SSSR count). The molecule has 0 saturated carbocycles. The number of aromatic amines is 1. The molecule has 124 valence electrons. The molecule has 0 aliphatic heterocycles. The lowest BCUT2D eigenvalue weighted by atomic mass is 10.2. The van der Waals surface area contributed by atoms with E-state index in [1.807, 2.05) is 54.6 Å². The summed E-state index contributed by atoms with van der Waals surface area (Å²) in [5.41, 5.74) is 2.00. The third kappa shape index (κ3) is 4.59. The van der Waals surface area contributed by atoms with E-state index in [1.54, 1.807) is 0 Å². The first-order valence-electron chi connectivity index (χ1n) is 8.19. The van der Waals surface area contributed by atoms with Crippen molar-refractivity contribution in [2.45, 2.75) is 19.3 Å². The van der Waals surface area contributed by atoms with E-state index in [4.69, 9.17) is 4.74 Å². The number of carbonyl (C=O) groups excluding carboxylic acids is 1. The van der Waals surface area contributed by atoms with Crippen molar-refractivity contribution in [3.63, 3.8) is 0 Å². The van der Waals surface area contributed by atoms with Crippen LogP contribution in [-0.2, 0) is 11.2 Å². The molecule has 1 amide bonds. The van der Waals surface area contributed by atoms with Gasteiger partial charge in [0.25, 0.3) is 0 Å². The lowest BCUT2D eigenvalue weighted by Crippen LogP contribution is -2.27. The molecule has 2 N–H and O–H groups in total. The maximum atomic E-state index is 11.8. The summed E-state index contributed by atoms with van der Waals surface area (Å²) in [6.45, 7) is 0.984. The summed E-state index contributed by atoms with van der Waals surface area (Å²) in [6, 6.07) is 17.5. The zero-order valence-corrected chi connectivity index (χ0v) is 13.5. The van der Waals surface area contributed by atoms with Gasteiger partial charge in [-0.15, -0.1) is 0 Å². The molecule has 1 aromatic heterocycles. The molecule has 0 unspecified atom stereocenters. The van der Waals surface area contributed by atoms with E-state index in [9.17, 15) is 4.79 Å². The summed E-state index contributed by atoms with van der Waals surface area (Å²) in [5, 5.41) is 2.87. The molecule has 24 heavy (non-hydrogen) atoms. The zero-order valence-electron chi connectivity index (χ0n) is 13.5. The van der Waals surface area contributed by atoms with Gasteiger partial charge in [-0.2, -0.15) is 0 Å². The fourth-order valence-electron chi connectivity index (χ4n) is 2.50. The van der Waals surface area contributed by atoms with Crippen LogP contribution < -0.4 is 10.1 Å². The Kier molecular flexibility index (Phi) is 5.45. The number of hydrogen-bond acceptors (Lipinski definition) is 3. The maximum Gasteiger partial charge on any atom is 0.220 e. The Bertz CT molecular complexity index is 750. The highest BCUT2D eigenvalue weighted by atomic mass is 16.5. The number of carbonyl (C=O) groups is 1. The molecule has 2 aromatic carbocycles. The highest BCUT2D eigenvalue weighted by molar-refractivity contribution is 5.76. The van der Waals surface area contributed by atoms with Crippen LogP contribution in [0.25, 0.3) is 11.0 Å². The van der Waals surface area contributed by atoms with Crippen LogP contribution in [0.4, 0.5) is 0 Å². The Labute approximate surface area is 141 Å². The van der Waals surface area contributed by atoms with E-state index in [0.717, 1.165) is 35.4 Å². The lowest BCUT2D eigenvalue weighted by molar-refractivity contribution is -0.121. The molecule has 0 atom stereocenters. The number of rotatable bonds is 8. The number of amides is 1. The van der Waals surface area contributed by atoms with Crippen molar-refractivity contribution in [3.8, 4) is 5.75 Å². The number of hydrogen-bond donors (Lipinski definition) is 2. The Morgan fingerprint density at radius 1 is 1.08 bits per heavy atom. The molecule has 0 saturated heterocycles. The van der Waals surface area contributed by atoms with Gasteiger partial charge < -0.3 is 15.0 Å². The van der Waals surface area contributed by atoms with Gasteiger partial charge in [0.15, 0.2) is 0 Å². The monoisotopic (exact) mass is 323 g/mol. The summed E-state index contributed by atoms with van der Waals surface area (Å²) in [5.74, 6) is 1.79. The van der Waals surface area contributed by atoms with Crippen molar-refractivity contribution in [1.29, 1.82) is 0 Å². The Hall–Kier alpha value is -2.82. The van der Waals surface area contributed by atoms with Gasteiger partial charge in [-0.1, -0.05) is 30.3 Å². The molecule has 0 spiro atoms. The molecule has 0 aliphatic carbocycles. The van der Waals surface area contributed by atoms with Gasteiger partial charge in [0.2, 0.25) is 5.91 Å². The lowest BCUT2D eigenvalue weighted by Gasteiger charge is -2.07. The number of H-pyrrole nitrogens is 1. The van der Waals surface area contributed by atoms with Gasteiger partial charge in [0, 0.05) is 12.8 Å². The molecule has 0 fully saturated rings. The van der Waals surface area contributed by atoms with Crippen molar-refractivity contribution in [2.75, 3.05) is 13.2 Å². The smallest absolute Gasteiger partial charge is 0.220 e. The van der Waals surface area contributed by atoms with E-state index >= 15 is 0 Å². The van der Waals surface area contributed by atoms with Crippen LogP contribution in [0.3, 0.4) is 0 Å². The van der Waals surface area contributed by atoms with Crippen LogP contribution in [0.1, 0.15) is 18.7 Å². The van der Waals surface area contributed by atoms with Gasteiger partial charge in [0.1, 0.15) is 18.2 Å². The predicted molar refractivity (Wildman–Crippen MR) is 94.0 cm³/mol. The van der Waals surface area contributed by atoms with Crippen LogP contribution >= 0.6 is 0 Å². The Morgan fingerprint density at radius 3 is 2.71 bits per heavy atom. The van der Waals surface area contributed by atoms with Crippen molar-refractivity contribution < 1.29 is 9.53 Å². The van der Waals surface area contributed by atoms with Gasteiger partial charge in [-0.25, -0.2) is 4.98 Å². The summed E-state index contributed by atoms with van der Waals surface area (Å²) >= 11 is 0. The Balaban J connectivity index is 1.32. The minimum atomic E-state index is 0.0442. The molecule has 3 aromatic rings. The second kappa shape index (κ2) is 8.15. The number of aryl methyl sites for hydroxylation is 1. The molecule has 5 heteroatoms. The van der Waals surface area contributed by atoms with E-state index in [0.29, 0.717) is 19.6 Å². The maximum absolute atomic E-state index is 11.8. The molecular weight excluding hydrogens is 302 g/mol. The fourth-order valence-corrected chi connectivity index (χ4v) is 2.50. The van der Waals surface area contributed by atoms with Crippen molar-refractivity contribution in [2.24, 2.45) is 0 Å². The molecule has 1 heterocycles. The van der Waals surface area contributed by atoms with Gasteiger partial charge in [0.05, 0.1) is 17.6 Å². The van der Waals surface area contributed by atoms with Crippen LogP contribution in [0.2, 0.25) is 0 Å². The number of ether oxygens (including phenoxy) is 1. The van der Waals surface area contributed by atoms with E-state index in [1.165, 1.54) is 0 Å². The second-order valence-electron chi connectivity index (χ2n) is 5.57. The van der Waals surface area contributed by atoms with Crippen LogP contribution in [0, 0.1) is 0 Å². The van der Waals surface area contributed by atoms with Crippen LogP contribution in [0.15, 0.2) is 54.6 Å². The minimum absolute atomic E-state index is 0.0442.